The summed E-state index contributed by atoms with van der Waals surface area (Å²) in [6.45, 7) is 12.4. The molecule has 0 aliphatic heterocycles. The van der Waals surface area contributed by atoms with Crippen molar-refractivity contribution in [3.8, 4) is 0 Å². The van der Waals surface area contributed by atoms with Gasteiger partial charge in [0.1, 0.15) is 6.10 Å². The maximum absolute atomic E-state index is 12.1. The van der Waals surface area contributed by atoms with Crippen molar-refractivity contribution in [1.29, 1.82) is 0 Å². The van der Waals surface area contributed by atoms with Crippen LogP contribution < -0.4 is 5.32 Å². The highest BCUT2D eigenvalue weighted by atomic mass is 16.5. The monoisotopic (exact) mass is 327 g/mol. The molecule has 0 saturated heterocycles. The Morgan fingerprint density at radius 3 is 2.43 bits per heavy atom. The van der Waals surface area contributed by atoms with E-state index in [1.165, 1.54) is 0 Å². The Morgan fingerprint density at radius 1 is 1.35 bits per heavy atom. The number of aliphatic hydroxyl groups excluding tert-OH is 1. The average Bonchev–Trinajstić information content (AvgIpc) is 2.46. The molecule has 5 heteroatoms. The van der Waals surface area contributed by atoms with Gasteiger partial charge in [-0.1, -0.05) is 13.8 Å². The van der Waals surface area contributed by atoms with Crippen LogP contribution in [0.1, 0.15) is 60.8 Å². The van der Waals surface area contributed by atoms with E-state index >= 15 is 0 Å². The predicted molar refractivity (Wildman–Crippen MR) is 91.3 cm³/mol. The molecule has 0 amide bonds. The van der Waals surface area contributed by atoms with Gasteiger partial charge >= 0.3 is 5.97 Å². The van der Waals surface area contributed by atoms with E-state index in [1.54, 1.807) is 13.0 Å². The summed E-state index contributed by atoms with van der Waals surface area (Å²) < 4.78 is 11.2. The van der Waals surface area contributed by atoms with Crippen molar-refractivity contribution in [2.75, 3.05) is 6.61 Å². The Labute approximate surface area is 140 Å². The van der Waals surface area contributed by atoms with Gasteiger partial charge < -0.3 is 19.9 Å². The minimum absolute atomic E-state index is 0.0720. The van der Waals surface area contributed by atoms with E-state index < -0.39 is 12.2 Å². The van der Waals surface area contributed by atoms with Crippen molar-refractivity contribution in [2.24, 2.45) is 0 Å². The zero-order chi connectivity index (χ0) is 17.6. The van der Waals surface area contributed by atoms with E-state index in [1.807, 2.05) is 20.8 Å². The van der Waals surface area contributed by atoms with Crippen LogP contribution in [0.5, 0.6) is 0 Å². The molecule has 134 valence electrons. The lowest BCUT2D eigenvalue weighted by Gasteiger charge is -2.38. The quantitative estimate of drug-likeness (QED) is 0.704. The number of hydrogen-bond donors (Lipinski definition) is 2. The van der Waals surface area contributed by atoms with Crippen LogP contribution in [0.3, 0.4) is 0 Å². The fraction of sp³-hybridized carbons (Fsp3) is 0.833. The zero-order valence-corrected chi connectivity index (χ0v) is 15.4. The van der Waals surface area contributed by atoms with Crippen LogP contribution in [0.15, 0.2) is 11.6 Å². The molecule has 0 fully saturated rings. The van der Waals surface area contributed by atoms with Crippen LogP contribution in [0.4, 0.5) is 0 Å². The first-order valence-corrected chi connectivity index (χ1v) is 8.70. The number of aliphatic hydroxyl groups is 1. The molecular weight excluding hydrogens is 294 g/mol. The Morgan fingerprint density at radius 2 is 1.96 bits per heavy atom. The maximum atomic E-state index is 12.1. The van der Waals surface area contributed by atoms with Gasteiger partial charge in [-0.3, -0.25) is 0 Å². The lowest BCUT2D eigenvalue weighted by atomic mass is 9.88. The zero-order valence-electron chi connectivity index (χ0n) is 15.4. The molecule has 0 aromatic heterocycles. The molecular formula is C18H33NO4. The fourth-order valence-electron chi connectivity index (χ4n) is 2.84. The van der Waals surface area contributed by atoms with Gasteiger partial charge in [0, 0.05) is 17.2 Å². The molecule has 0 heterocycles. The Balaban J connectivity index is 2.98. The van der Waals surface area contributed by atoms with E-state index in [4.69, 9.17) is 9.47 Å². The van der Waals surface area contributed by atoms with E-state index in [0.29, 0.717) is 18.6 Å². The highest BCUT2D eigenvalue weighted by Crippen LogP contribution is 2.26. The van der Waals surface area contributed by atoms with Crippen LogP contribution in [0, 0.1) is 0 Å². The lowest BCUT2D eigenvalue weighted by Crippen LogP contribution is -2.55. The first-order valence-electron chi connectivity index (χ1n) is 8.70. The normalized spacial score (nSPS) is 25.4. The number of carbonyl (C=O) groups excluding carboxylic acids is 1. The van der Waals surface area contributed by atoms with E-state index in [0.717, 1.165) is 12.8 Å². The molecule has 3 atom stereocenters. The standard InChI is InChI=1S/C18H33NO4/c1-7-13(8-2)23-15-11-12(17(21)22-9-3)10-14(16(15)20)19-18(4,5)6/h11,13-16,19-20H,7-10H2,1-6H3/t14-,15-,16+/m0/s1. The van der Waals surface area contributed by atoms with Crippen molar-refractivity contribution in [1.82, 2.24) is 5.32 Å². The van der Waals surface area contributed by atoms with Crippen molar-refractivity contribution in [3.05, 3.63) is 11.6 Å². The number of carbonyl (C=O) groups is 1. The van der Waals surface area contributed by atoms with Gasteiger partial charge in [0.2, 0.25) is 0 Å². The predicted octanol–water partition coefficient (Wildman–Crippen LogP) is 2.57. The van der Waals surface area contributed by atoms with Crippen LogP contribution >= 0.6 is 0 Å². The van der Waals surface area contributed by atoms with Crippen molar-refractivity contribution >= 4 is 5.97 Å². The minimum Gasteiger partial charge on any atom is -0.463 e. The van der Waals surface area contributed by atoms with Gasteiger partial charge in [0.25, 0.3) is 0 Å². The van der Waals surface area contributed by atoms with Crippen molar-refractivity contribution in [2.45, 2.75) is 90.7 Å². The van der Waals surface area contributed by atoms with E-state index in [-0.39, 0.29) is 23.7 Å². The van der Waals surface area contributed by atoms with Crippen LogP contribution in [-0.4, -0.2) is 47.6 Å². The maximum Gasteiger partial charge on any atom is 0.333 e. The summed E-state index contributed by atoms with van der Waals surface area (Å²) in [5.74, 6) is -0.321. The van der Waals surface area contributed by atoms with Crippen LogP contribution in [0.25, 0.3) is 0 Å². The molecule has 0 bridgehead atoms. The van der Waals surface area contributed by atoms with Crippen molar-refractivity contribution in [3.63, 3.8) is 0 Å². The second-order valence-corrected chi connectivity index (χ2v) is 7.15. The Hall–Kier alpha value is -0.910. The molecule has 0 radical (unpaired) electrons. The Kier molecular flexibility index (Phi) is 7.71. The molecule has 0 spiro atoms. The largest absolute Gasteiger partial charge is 0.463 e. The summed E-state index contributed by atoms with van der Waals surface area (Å²) >= 11 is 0. The highest BCUT2D eigenvalue weighted by molar-refractivity contribution is 5.89. The Bertz CT molecular complexity index is 410. The van der Waals surface area contributed by atoms with Gasteiger partial charge in [-0.15, -0.1) is 0 Å². The summed E-state index contributed by atoms with van der Waals surface area (Å²) in [7, 11) is 0. The molecule has 2 N–H and O–H groups in total. The van der Waals surface area contributed by atoms with Gasteiger partial charge in [-0.2, -0.15) is 0 Å². The molecule has 1 aliphatic rings. The minimum atomic E-state index is -0.687. The molecule has 0 unspecified atom stereocenters. The molecule has 1 rings (SSSR count). The van der Waals surface area contributed by atoms with Gasteiger partial charge in [0.05, 0.1) is 18.8 Å². The molecule has 23 heavy (non-hydrogen) atoms. The number of esters is 1. The summed E-state index contributed by atoms with van der Waals surface area (Å²) in [6.07, 6.45) is 2.82. The summed E-state index contributed by atoms with van der Waals surface area (Å²) in [6, 6.07) is -0.237. The summed E-state index contributed by atoms with van der Waals surface area (Å²) in [5, 5.41) is 14.1. The number of rotatable bonds is 7. The van der Waals surface area contributed by atoms with E-state index in [2.05, 4.69) is 19.2 Å². The van der Waals surface area contributed by atoms with Crippen LogP contribution in [-0.2, 0) is 14.3 Å². The third-order valence-electron chi connectivity index (χ3n) is 3.97. The van der Waals surface area contributed by atoms with Crippen LogP contribution in [0.2, 0.25) is 0 Å². The number of nitrogens with one attached hydrogen (secondary N) is 1. The third kappa shape index (κ3) is 6.24. The number of hydrogen-bond acceptors (Lipinski definition) is 5. The van der Waals surface area contributed by atoms with Crippen molar-refractivity contribution < 1.29 is 19.4 Å². The van der Waals surface area contributed by atoms with Gasteiger partial charge in [0.15, 0.2) is 0 Å². The highest BCUT2D eigenvalue weighted by Gasteiger charge is 2.37. The lowest BCUT2D eigenvalue weighted by molar-refractivity contribution is -0.139. The second kappa shape index (κ2) is 8.81. The SMILES string of the molecule is CCOC(=O)C1=C[C@H](OC(CC)CC)[C@H](O)[C@@H](NC(C)(C)C)C1. The molecule has 0 aromatic carbocycles. The molecule has 1 aliphatic carbocycles. The summed E-state index contributed by atoms with van der Waals surface area (Å²) in [4.78, 5) is 12.1. The first kappa shape index (κ1) is 20.1. The first-order chi connectivity index (χ1) is 10.7. The van der Waals surface area contributed by atoms with Gasteiger partial charge in [-0.05, 0) is 53.0 Å². The average molecular weight is 327 g/mol. The topological polar surface area (TPSA) is 67.8 Å². The third-order valence-corrected chi connectivity index (χ3v) is 3.97. The van der Waals surface area contributed by atoms with Gasteiger partial charge in [-0.25, -0.2) is 4.79 Å². The van der Waals surface area contributed by atoms with E-state index in [9.17, 15) is 9.90 Å². The second-order valence-electron chi connectivity index (χ2n) is 7.15. The summed E-state index contributed by atoms with van der Waals surface area (Å²) in [5.41, 5.74) is 0.414. The molecule has 0 aromatic rings. The smallest absolute Gasteiger partial charge is 0.333 e. The molecule has 0 saturated carbocycles. The fourth-order valence-corrected chi connectivity index (χ4v) is 2.84. The molecule has 5 nitrogen and oxygen atoms in total. The number of ether oxygens (including phenoxy) is 2.